The molecule has 5 nitrogen and oxygen atoms in total. The van der Waals surface area contributed by atoms with Crippen LogP contribution in [0.3, 0.4) is 0 Å². The van der Waals surface area contributed by atoms with E-state index in [-0.39, 0.29) is 11.7 Å². The highest BCUT2D eigenvalue weighted by atomic mass is 16.5. The van der Waals surface area contributed by atoms with Crippen LogP contribution in [0.5, 0.6) is 11.5 Å². The second-order valence-corrected chi connectivity index (χ2v) is 6.53. The van der Waals surface area contributed by atoms with Gasteiger partial charge in [-0.2, -0.15) is 0 Å². The van der Waals surface area contributed by atoms with Gasteiger partial charge in [0.15, 0.2) is 0 Å². The number of ether oxygens (including phenoxy) is 3. The number of aliphatic hydroxyl groups is 1. The first-order valence-corrected chi connectivity index (χ1v) is 8.42. The smallest absolute Gasteiger partial charge is 0.127 e. The molecule has 0 aromatic heterocycles. The summed E-state index contributed by atoms with van der Waals surface area (Å²) < 4.78 is 16.7. The second kappa shape index (κ2) is 7.07. The molecule has 2 aliphatic rings. The van der Waals surface area contributed by atoms with Gasteiger partial charge in [0, 0.05) is 37.9 Å². The maximum Gasteiger partial charge on any atom is 0.127 e. The first-order valence-electron chi connectivity index (χ1n) is 8.42. The highest BCUT2D eigenvalue weighted by Gasteiger charge is 2.43. The van der Waals surface area contributed by atoms with Gasteiger partial charge in [0.1, 0.15) is 11.5 Å². The highest BCUT2D eigenvalue weighted by molar-refractivity contribution is 5.40. The molecule has 23 heavy (non-hydrogen) atoms. The number of likely N-dealkylation sites (tertiary alicyclic amines) is 1. The molecule has 3 rings (SSSR count). The molecular formula is C18H27NO4. The molecule has 0 bridgehead atoms. The lowest BCUT2D eigenvalue weighted by Crippen LogP contribution is -2.55. The largest absolute Gasteiger partial charge is 0.497 e. The van der Waals surface area contributed by atoms with Gasteiger partial charge in [0.05, 0.1) is 25.9 Å². The summed E-state index contributed by atoms with van der Waals surface area (Å²) in [5.74, 6) is 1.67. The van der Waals surface area contributed by atoms with Crippen LogP contribution in [0.4, 0.5) is 0 Å². The Balaban J connectivity index is 1.62. The summed E-state index contributed by atoms with van der Waals surface area (Å²) >= 11 is 0. The number of piperidine rings is 1. The summed E-state index contributed by atoms with van der Waals surface area (Å²) in [4.78, 5) is 2.40. The zero-order valence-electron chi connectivity index (χ0n) is 14.1. The van der Waals surface area contributed by atoms with Gasteiger partial charge in [0.25, 0.3) is 0 Å². The molecule has 2 saturated heterocycles. The average molecular weight is 321 g/mol. The predicted molar refractivity (Wildman–Crippen MR) is 88.0 cm³/mol. The maximum atomic E-state index is 10.3. The van der Waals surface area contributed by atoms with E-state index in [4.69, 9.17) is 14.2 Å². The van der Waals surface area contributed by atoms with Crippen LogP contribution < -0.4 is 9.47 Å². The van der Waals surface area contributed by atoms with Crippen molar-refractivity contribution in [2.45, 2.75) is 43.9 Å². The molecule has 1 atom stereocenters. The third-order valence-corrected chi connectivity index (χ3v) is 5.21. The Morgan fingerprint density at radius 3 is 2.70 bits per heavy atom. The minimum atomic E-state index is -0.311. The van der Waals surface area contributed by atoms with Crippen molar-refractivity contribution in [3.8, 4) is 11.5 Å². The minimum Gasteiger partial charge on any atom is -0.497 e. The van der Waals surface area contributed by atoms with Crippen LogP contribution in [-0.2, 0) is 11.3 Å². The second-order valence-electron chi connectivity index (χ2n) is 6.53. The molecular weight excluding hydrogens is 294 g/mol. The molecule has 1 N–H and O–H groups in total. The molecule has 2 aliphatic heterocycles. The van der Waals surface area contributed by atoms with E-state index in [2.05, 4.69) is 11.0 Å². The van der Waals surface area contributed by atoms with Crippen molar-refractivity contribution < 1.29 is 19.3 Å². The highest BCUT2D eigenvalue weighted by Crippen LogP contribution is 2.36. The molecule has 1 spiro atoms. The normalized spacial score (nSPS) is 24.6. The quantitative estimate of drug-likeness (QED) is 0.921. The van der Waals surface area contributed by atoms with E-state index in [1.54, 1.807) is 14.2 Å². The lowest BCUT2D eigenvalue weighted by atomic mass is 9.82. The zero-order valence-corrected chi connectivity index (χ0v) is 14.1. The molecule has 0 unspecified atom stereocenters. The van der Waals surface area contributed by atoms with Crippen molar-refractivity contribution in [2.75, 3.05) is 33.9 Å². The van der Waals surface area contributed by atoms with Gasteiger partial charge in [-0.05, 0) is 31.7 Å². The molecule has 0 radical (unpaired) electrons. The minimum absolute atomic E-state index is 0.307. The van der Waals surface area contributed by atoms with Gasteiger partial charge >= 0.3 is 0 Å². The van der Waals surface area contributed by atoms with Gasteiger partial charge in [-0.1, -0.05) is 6.07 Å². The van der Waals surface area contributed by atoms with Gasteiger partial charge < -0.3 is 19.3 Å². The van der Waals surface area contributed by atoms with E-state index < -0.39 is 0 Å². The fourth-order valence-corrected chi connectivity index (χ4v) is 3.70. The topological polar surface area (TPSA) is 51.2 Å². The number of hydrogen-bond donors (Lipinski definition) is 1. The van der Waals surface area contributed by atoms with E-state index in [9.17, 15) is 5.11 Å². The zero-order chi connectivity index (χ0) is 16.3. The number of rotatable bonds is 4. The van der Waals surface area contributed by atoms with Crippen molar-refractivity contribution in [1.29, 1.82) is 0 Å². The fraction of sp³-hybridized carbons (Fsp3) is 0.667. The Kier molecular flexibility index (Phi) is 5.09. The Labute approximate surface area is 138 Å². The maximum absolute atomic E-state index is 10.3. The summed E-state index contributed by atoms with van der Waals surface area (Å²) in [6.45, 7) is 3.50. The van der Waals surface area contributed by atoms with Crippen LogP contribution >= 0.6 is 0 Å². The molecule has 0 amide bonds. The number of methoxy groups -OCH3 is 2. The van der Waals surface area contributed by atoms with Crippen LogP contribution in [0.15, 0.2) is 18.2 Å². The Hall–Kier alpha value is -1.30. The standard InChI is InChI=1S/C18H27NO4/c1-21-15-6-5-14(16(12-15)22-2)13-19-9-7-18(8-10-19)17(20)4-3-11-23-18/h5-6,12,17,20H,3-4,7-11,13H2,1-2H3/t17-/m1/s1. The first kappa shape index (κ1) is 16.6. The van der Waals surface area contributed by atoms with Crippen LogP contribution in [-0.4, -0.2) is 55.6 Å². The number of nitrogens with zero attached hydrogens (tertiary/aromatic N) is 1. The number of benzene rings is 1. The van der Waals surface area contributed by atoms with Crippen molar-refractivity contribution in [3.05, 3.63) is 23.8 Å². The van der Waals surface area contributed by atoms with Crippen LogP contribution in [0.25, 0.3) is 0 Å². The summed E-state index contributed by atoms with van der Waals surface area (Å²) in [5, 5.41) is 10.3. The van der Waals surface area contributed by atoms with E-state index in [0.29, 0.717) is 0 Å². The third-order valence-electron chi connectivity index (χ3n) is 5.21. The van der Waals surface area contributed by atoms with E-state index in [1.165, 1.54) is 0 Å². The fourth-order valence-electron chi connectivity index (χ4n) is 3.70. The summed E-state index contributed by atoms with van der Waals surface area (Å²) in [6.07, 6.45) is 3.32. The van der Waals surface area contributed by atoms with E-state index in [1.807, 2.05) is 12.1 Å². The lowest BCUT2D eigenvalue weighted by molar-refractivity contribution is -0.177. The average Bonchev–Trinajstić information content (AvgIpc) is 2.60. The summed E-state index contributed by atoms with van der Waals surface area (Å²) in [7, 11) is 3.35. The molecule has 128 valence electrons. The molecule has 2 fully saturated rings. The number of aliphatic hydroxyl groups excluding tert-OH is 1. The molecule has 1 aromatic carbocycles. The Morgan fingerprint density at radius 2 is 2.04 bits per heavy atom. The Morgan fingerprint density at radius 1 is 1.26 bits per heavy atom. The van der Waals surface area contributed by atoms with Gasteiger partial charge in [-0.25, -0.2) is 0 Å². The van der Waals surface area contributed by atoms with Gasteiger partial charge in [-0.3, -0.25) is 4.90 Å². The van der Waals surface area contributed by atoms with Gasteiger partial charge in [-0.15, -0.1) is 0 Å². The monoisotopic (exact) mass is 321 g/mol. The molecule has 1 aromatic rings. The van der Waals surface area contributed by atoms with Crippen LogP contribution in [0.1, 0.15) is 31.2 Å². The summed E-state index contributed by atoms with van der Waals surface area (Å²) in [5.41, 5.74) is 0.855. The predicted octanol–water partition coefficient (Wildman–Crippen LogP) is 2.21. The van der Waals surface area contributed by atoms with E-state index in [0.717, 1.165) is 69.0 Å². The molecule has 0 saturated carbocycles. The van der Waals surface area contributed by atoms with Crippen molar-refractivity contribution >= 4 is 0 Å². The van der Waals surface area contributed by atoms with Crippen LogP contribution in [0, 0.1) is 0 Å². The number of hydrogen-bond acceptors (Lipinski definition) is 5. The van der Waals surface area contributed by atoms with Gasteiger partial charge in [0.2, 0.25) is 0 Å². The van der Waals surface area contributed by atoms with Crippen molar-refractivity contribution in [3.63, 3.8) is 0 Å². The summed E-state index contributed by atoms with van der Waals surface area (Å²) in [6, 6.07) is 5.96. The van der Waals surface area contributed by atoms with Crippen molar-refractivity contribution in [2.24, 2.45) is 0 Å². The third kappa shape index (κ3) is 3.47. The van der Waals surface area contributed by atoms with Crippen molar-refractivity contribution in [1.82, 2.24) is 4.90 Å². The Bertz CT molecular complexity index is 526. The molecule has 2 heterocycles. The SMILES string of the molecule is COc1ccc(CN2CCC3(CC2)OCCC[C@H]3O)c(OC)c1. The molecule has 0 aliphatic carbocycles. The van der Waals surface area contributed by atoms with Crippen LogP contribution in [0.2, 0.25) is 0 Å². The first-order chi connectivity index (χ1) is 11.2. The van der Waals surface area contributed by atoms with E-state index >= 15 is 0 Å². The molecule has 5 heteroatoms. The lowest BCUT2D eigenvalue weighted by Gasteiger charge is -2.46.